The summed E-state index contributed by atoms with van der Waals surface area (Å²) in [6.07, 6.45) is 0. The number of nitrogens with one attached hydrogen (secondary N) is 1. The molecule has 0 aliphatic rings. The van der Waals surface area contributed by atoms with E-state index in [-0.39, 0.29) is 11.3 Å². The van der Waals surface area contributed by atoms with E-state index in [1.54, 1.807) is 19.1 Å². The second-order valence-corrected chi connectivity index (χ2v) is 5.72. The molecule has 0 radical (unpaired) electrons. The molecule has 7 heteroatoms. The van der Waals surface area contributed by atoms with Gasteiger partial charge in [0.15, 0.2) is 17.2 Å². The Morgan fingerprint density at radius 2 is 1.92 bits per heavy atom. The van der Waals surface area contributed by atoms with Crippen LogP contribution >= 0.6 is 11.6 Å². The fourth-order valence-corrected chi connectivity index (χ4v) is 2.79. The van der Waals surface area contributed by atoms with E-state index < -0.39 is 11.7 Å². The minimum absolute atomic E-state index is 0.0241. The second kappa shape index (κ2) is 6.64. The molecule has 0 fully saturated rings. The number of fused-ring (bicyclic) bond motifs is 1. The van der Waals surface area contributed by atoms with Crippen LogP contribution in [0.1, 0.15) is 16.1 Å². The monoisotopic (exact) mass is 363 g/mol. The van der Waals surface area contributed by atoms with Gasteiger partial charge in [0.1, 0.15) is 11.5 Å². The van der Waals surface area contributed by atoms with Gasteiger partial charge in [0.05, 0.1) is 24.9 Å². The van der Waals surface area contributed by atoms with Crippen LogP contribution in [0.25, 0.3) is 11.0 Å². The Kier molecular flexibility index (Phi) is 4.55. The lowest BCUT2D eigenvalue weighted by molar-refractivity contribution is 0.0997. The van der Waals surface area contributed by atoms with Gasteiger partial charge >= 0.3 is 0 Å². The van der Waals surface area contributed by atoms with E-state index in [0.29, 0.717) is 33.2 Å². The van der Waals surface area contributed by atoms with E-state index in [1.165, 1.54) is 32.4 Å². The van der Waals surface area contributed by atoms with Gasteiger partial charge < -0.3 is 19.2 Å². The Balaban J connectivity index is 2.01. The van der Waals surface area contributed by atoms with Crippen molar-refractivity contribution in [3.05, 3.63) is 52.5 Å². The summed E-state index contributed by atoms with van der Waals surface area (Å²) >= 11 is 6.05. The van der Waals surface area contributed by atoms with Crippen molar-refractivity contribution in [2.24, 2.45) is 0 Å². The zero-order valence-electron chi connectivity index (χ0n) is 13.8. The van der Waals surface area contributed by atoms with Crippen LogP contribution in [-0.2, 0) is 0 Å². The van der Waals surface area contributed by atoms with Crippen molar-refractivity contribution in [3.63, 3.8) is 0 Å². The number of para-hydroxylation sites is 1. The van der Waals surface area contributed by atoms with Gasteiger partial charge in [-0.05, 0) is 13.0 Å². The van der Waals surface area contributed by atoms with Gasteiger partial charge in [-0.1, -0.05) is 23.7 Å². The first-order valence-electron chi connectivity index (χ1n) is 7.36. The molecule has 3 rings (SSSR count). The lowest BCUT2D eigenvalue weighted by Crippen LogP contribution is -2.13. The normalized spacial score (nSPS) is 10.8. The molecule has 1 heterocycles. The maximum atomic E-state index is 13.9. The third kappa shape index (κ3) is 3.00. The molecule has 0 spiro atoms. The molecule has 3 aromatic rings. The number of rotatable bonds is 4. The fourth-order valence-electron chi connectivity index (χ4n) is 2.56. The number of hydrogen-bond donors (Lipinski definition) is 1. The highest BCUT2D eigenvalue weighted by Crippen LogP contribution is 2.36. The van der Waals surface area contributed by atoms with Gasteiger partial charge in [-0.2, -0.15) is 0 Å². The van der Waals surface area contributed by atoms with Gasteiger partial charge in [-0.15, -0.1) is 0 Å². The number of amides is 1. The van der Waals surface area contributed by atoms with Crippen molar-refractivity contribution in [1.29, 1.82) is 0 Å². The van der Waals surface area contributed by atoms with Crippen LogP contribution in [0.3, 0.4) is 0 Å². The fraction of sp³-hybridized carbons (Fsp3) is 0.167. The number of halogens is 2. The molecule has 25 heavy (non-hydrogen) atoms. The number of aryl methyl sites for hydroxylation is 1. The second-order valence-electron chi connectivity index (χ2n) is 5.31. The van der Waals surface area contributed by atoms with Crippen molar-refractivity contribution >= 4 is 34.2 Å². The van der Waals surface area contributed by atoms with Crippen LogP contribution in [0, 0.1) is 12.7 Å². The van der Waals surface area contributed by atoms with Crippen LogP contribution in [-0.4, -0.2) is 20.1 Å². The molecule has 130 valence electrons. The summed E-state index contributed by atoms with van der Waals surface area (Å²) in [4.78, 5) is 12.6. The van der Waals surface area contributed by atoms with Crippen LogP contribution in [0.15, 0.2) is 34.7 Å². The molecular weight excluding hydrogens is 349 g/mol. The molecule has 0 atom stereocenters. The van der Waals surface area contributed by atoms with Gasteiger partial charge in [0.25, 0.3) is 5.91 Å². The molecule has 2 aromatic carbocycles. The zero-order valence-corrected chi connectivity index (χ0v) is 14.5. The molecule has 1 amide bonds. The van der Waals surface area contributed by atoms with Crippen molar-refractivity contribution in [3.8, 4) is 11.5 Å². The quantitative estimate of drug-likeness (QED) is 0.723. The number of benzene rings is 2. The lowest BCUT2D eigenvalue weighted by atomic mass is 10.1. The summed E-state index contributed by atoms with van der Waals surface area (Å²) in [5, 5.41) is 3.58. The number of hydrogen-bond acceptors (Lipinski definition) is 4. The maximum absolute atomic E-state index is 13.9. The van der Waals surface area contributed by atoms with Gasteiger partial charge in [0, 0.05) is 23.1 Å². The van der Waals surface area contributed by atoms with E-state index >= 15 is 0 Å². The predicted molar refractivity (Wildman–Crippen MR) is 93.4 cm³/mol. The Morgan fingerprint density at radius 3 is 2.56 bits per heavy atom. The number of furan rings is 1. The number of carbonyl (C=O) groups is 1. The van der Waals surface area contributed by atoms with Gasteiger partial charge in [-0.3, -0.25) is 4.79 Å². The molecule has 0 aliphatic heterocycles. The highest BCUT2D eigenvalue weighted by molar-refractivity contribution is 6.32. The molecule has 0 aliphatic carbocycles. The minimum Gasteiger partial charge on any atom is -0.495 e. The topological polar surface area (TPSA) is 60.7 Å². The molecule has 5 nitrogen and oxygen atoms in total. The summed E-state index contributed by atoms with van der Waals surface area (Å²) in [5.41, 5.74) is 0.951. The Morgan fingerprint density at radius 1 is 1.20 bits per heavy atom. The Bertz CT molecular complexity index is 967. The van der Waals surface area contributed by atoms with Crippen LogP contribution in [0.4, 0.5) is 10.1 Å². The smallest absolute Gasteiger partial charge is 0.291 e. The van der Waals surface area contributed by atoms with Crippen LogP contribution in [0.2, 0.25) is 5.02 Å². The Labute approximate surface area is 148 Å². The average molecular weight is 364 g/mol. The predicted octanol–water partition coefficient (Wildman–Crippen LogP) is 4.80. The lowest BCUT2D eigenvalue weighted by Gasteiger charge is -2.12. The molecule has 1 aromatic heterocycles. The molecule has 0 unspecified atom stereocenters. The van der Waals surface area contributed by atoms with E-state index in [9.17, 15) is 9.18 Å². The summed E-state index contributed by atoms with van der Waals surface area (Å²) in [6.45, 7) is 1.69. The number of ether oxygens (including phenoxy) is 2. The van der Waals surface area contributed by atoms with Crippen LogP contribution in [0.5, 0.6) is 11.5 Å². The zero-order chi connectivity index (χ0) is 18.1. The molecular formula is C18H15ClFNO4. The van der Waals surface area contributed by atoms with Crippen molar-refractivity contribution in [2.45, 2.75) is 6.92 Å². The van der Waals surface area contributed by atoms with E-state index in [4.69, 9.17) is 25.5 Å². The van der Waals surface area contributed by atoms with E-state index in [0.717, 1.165) is 0 Å². The Hall–Kier alpha value is -2.73. The summed E-state index contributed by atoms with van der Waals surface area (Å²) in [7, 11) is 2.92. The number of methoxy groups -OCH3 is 2. The van der Waals surface area contributed by atoms with Crippen LogP contribution < -0.4 is 14.8 Å². The standard InChI is InChI=1S/C18H15ClFNO4/c1-9-10-5-4-6-12(20)17(10)25-16(9)18(22)21-13-8-14(23-2)11(19)7-15(13)24-3/h4-8H,1-3H3,(H,21,22). The minimum atomic E-state index is -0.532. The SMILES string of the molecule is COc1cc(NC(=O)c2oc3c(F)cccc3c2C)c(OC)cc1Cl. The van der Waals surface area contributed by atoms with Crippen molar-refractivity contribution in [2.75, 3.05) is 19.5 Å². The largest absolute Gasteiger partial charge is 0.495 e. The third-order valence-electron chi connectivity index (χ3n) is 3.84. The van der Waals surface area contributed by atoms with Gasteiger partial charge in [-0.25, -0.2) is 4.39 Å². The first-order chi connectivity index (χ1) is 12.0. The summed E-state index contributed by atoms with van der Waals surface area (Å²) < 4.78 is 29.7. The molecule has 0 saturated heterocycles. The summed E-state index contributed by atoms with van der Waals surface area (Å²) in [6, 6.07) is 7.60. The molecule has 1 N–H and O–H groups in total. The first kappa shape index (κ1) is 17.1. The molecule has 0 bridgehead atoms. The number of anilines is 1. The van der Waals surface area contributed by atoms with E-state index in [2.05, 4.69) is 5.32 Å². The van der Waals surface area contributed by atoms with Crippen molar-refractivity contribution < 1.29 is 23.1 Å². The molecule has 0 saturated carbocycles. The highest BCUT2D eigenvalue weighted by atomic mass is 35.5. The maximum Gasteiger partial charge on any atom is 0.291 e. The van der Waals surface area contributed by atoms with Gasteiger partial charge in [0.2, 0.25) is 0 Å². The average Bonchev–Trinajstić information content (AvgIpc) is 2.94. The number of carbonyl (C=O) groups excluding carboxylic acids is 1. The summed E-state index contributed by atoms with van der Waals surface area (Å²) in [5.74, 6) is -0.290. The van der Waals surface area contributed by atoms with Crippen molar-refractivity contribution in [1.82, 2.24) is 0 Å². The highest BCUT2D eigenvalue weighted by Gasteiger charge is 2.21. The van der Waals surface area contributed by atoms with E-state index in [1.807, 2.05) is 0 Å². The third-order valence-corrected chi connectivity index (χ3v) is 4.14. The first-order valence-corrected chi connectivity index (χ1v) is 7.74.